The maximum absolute atomic E-state index is 13.2. The third kappa shape index (κ3) is 3.82. The van der Waals surface area contributed by atoms with Crippen LogP contribution in [0, 0.1) is 0 Å². The van der Waals surface area contributed by atoms with E-state index in [-0.39, 0.29) is 22.8 Å². The number of halogens is 9. The molecule has 0 spiro atoms. The molecule has 2 N–H and O–H groups in total. The number of alkyl halides is 9. The van der Waals surface area contributed by atoms with Crippen LogP contribution in [0.2, 0.25) is 0 Å². The number of nitrogen functional groups attached to an aromatic ring is 1. The minimum absolute atomic E-state index is 0.0291. The van der Waals surface area contributed by atoms with E-state index in [0.717, 1.165) is 0 Å². The quantitative estimate of drug-likeness (QED) is 0.724. The summed E-state index contributed by atoms with van der Waals surface area (Å²) >= 11 is 0. The van der Waals surface area contributed by atoms with Gasteiger partial charge in [-0.15, -0.1) is 0 Å². The summed E-state index contributed by atoms with van der Waals surface area (Å²) in [6, 6.07) is 0.0763. The molecule has 0 aliphatic carbocycles. The molecular weight excluding hydrogens is 409 g/mol. The third-order valence-electron chi connectivity index (χ3n) is 3.49. The SMILES string of the molecule is C=Cn1c(-c2cc(C(F)(F)F)ccc2C(F)(F)F)nc(C(F)(F)F)c(N)c1=O. The fraction of sp³-hybridized carbons (Fsp3) is 0.200. The van der Waals surface area contributed by atoms with Gasteiger partial charge >= 0.3 is 18.5 Å². The molecule has 1 heterocycles. The molecule has 1 aromatic carbocycles. The minimum atomic E-state index is -5.35. The Labute approximate surface area is 149 Å². The van der Waals surface area contributed by atoms with Gasteiger partial charge in [0.05, 0.1) is 11.1 Å². The molecule has 0 aliphatic rings. The second-order valence-corrected chi connectivity index (χ2v) is 5.31. The lowest BCUT2D eigenvalue weighted by Crippen LogP contribution is -2.28. The number of nitrogens with two attached hydrogens (primary N) is 1. The zero-order valence-electron chi connectivity index (χ0n) is 13.3. The molecule has 2 aromatic rings. The summed E-state index contributed by atoms with van der Waals surface area (Å²) in [5.74, 6) is -1.35. The van der Waals surface area contributed by atoms with E-state index in [1.807, 2.05) is 0 Å². The van der Waals surface area contributed by atoms with E-state index in [1.165, 1.54) is 0 Å². The lowest BCUT2D eigenvalue weighted by atomic mass is 10.0. The maximum Gasteiger partial charge on any atom is 0.435 e. The van der Waals surface area contributed by atoms with Crippen LogP contribution >= 0.6 is 0 Å². The molecule has 0 bridgehead atoms. The smallest absolute Gasteiger partial charge is 0.392 e. The predicted octanol–water partition coefficient (Wildman–Crippen LogP) is 4.65. The zero-order chi connectivity index (χ0) is 21.7. The molecule has 13 heteroatoms. The Morgan fingerprint density at radius 3 is 1.96 bits per heavy atom. The van der Waals surface area contributed by atoms with Crippen molar-refractivity contribution in [3.8, 4) is 11.4 Å². The number of anilines is 1. The summed E-state index contributed by atoms with van der Waals surface area (Å²) in [5, 5.41) is 0. The summed E-state index contributed by atoms with van der Waals surface area (Å²) in [6.45, 7) is 3.06. The van der Waals surface area contributed by atoms with Crippen molar-refractivity contribution in [1.82, 2.24) is 9.55 Å². The lowest BCUT2D eigenvalue weighted by Gasteiger charge is -2.19. The average Bonchev–Trinajstić information content (AvgIpc) is 2.53. The van der Waals surface area contributed by atoms with Crippen molar-refractivity contribution >= 4 is 11.9 Å². The Morgan fingerprint density at radius 1 is 0.964 bits per heavy atom. The van der Waals surface area contributed by atoms with Crippen molar-refractivity contribution < 1.29 is 39.5 Å². The van der Waals surface area contributed by atoms with E-state index in [4.69, 9.17) is 5.73 Å². The van der Waals surface area contributed by atoms with Crippen LogP contribution in [0.5, 0.6) is 0 Å². The summed E-state index contributed by atoms with van der Waals surface area (Å²) in [7, 11) is 0. The normalized spacial score (nSPS) is 12.9. The van der Waals surface area contributed by atoms with Crippen LogP contribution in [0.4, 0.5) is 45.2 Å². The number of hydrogen-bond acceptors (Lipinski definition) is 3. The maximum atomic E-state index is 13.2. The molecule has 0 unspecified atom stereocenters. The van der Waals surface area contributed by atoms with Gasteiger partial charge in [-0.1, -0.05) is 6.58 Å². The van der Waals surface area contributed by atoms with E-state index < -0.39 is 58.0 Å². The van der Waals surface area contributed by atoms with Crippen molar-refractivity contribution in [2.24, 2.45) is 0 Å². The average molecular weight is 417 g/mol. The summed E-state index contributed by atoms with van der Waals surface area (Å²) < 4.78 is 118. The predicted molar refractivity (Wildman–Crippen MR) is 79.7 cm³/mol. The molecule has 0 amide bonds. The second-order valence-electron chi connectivity index (χ2n) is 5.31. The Bertz CT molecular complexity index is 984. The molecule has 1 aromatic heterocycles. The topological polar surface area (TPSA) is 60.9 Å². The molecule has 4 nitrogen and oxygen atoms in total. The molecule has 28 heavy (non-hydrogen) atoms. The van der Waals surface area contributed by atoms with Gasteiger partial charge in [0.1, 0.15) is 11.5 Å². The fourth-order valence-corrected chi connectivity index (χ4v) is 2.28. The van der Waals surface area contributed by atoms with E-state index in [1.54, 1.807) is 0 Å². The molecule has 0 saturated carbocycles. The number of aromatic nitrogens is 2. The van der Waals surface area contributed by atoms with Gasteiger partial charge in [0, 0.05) is 11.8 Å². The molecule has 0 aliphatic heterocycles. The first-order chi connectivity index (χ1) is 12.6. The standard InChI is InChI=1S/C15H8F9N3O/c1-2-27-11(26-10(15(22,23)24)9(25)12(27)28)7-5-6(13(16,17)18)3-4-8(7)14(19,20)21/h2-5H,1,25H2. The van der Waals surface area contributed by atoms with Gasteiger partial charge < -0.3 is 5.73 Å². The van der Waals surface area contributed by atoms with Crippen LogP contribution in [-0.2, 0) is 18.5 Å². The van der Waals surface area contributed by atoms with Crippen LogP contribution in [0.3, 0.4) is 0 Å². The van der Waals surface area contributed by atoms with Gasteiger partial charge in [-0.3, -0.25) is 9.36 Å². The summed E-state index contributed by atoms with van der Waals surface area (Å²) in [6.07, 6.45) is -15.2. The highest BCUT2D eigenvalue weighted by molar-refractivity contribution is 5.67. The van der Waals surface area contributed by atoms with Crippen LogP contribution in [0.15, 0.2) is 29.6 Å². The van der Waals surface area contributed by atoms with Crippen molar-refractivity contribution in [1.29, 1.82) is 0 Å². The van der Waals surface area contributed by atoms with Gasteiger partial charge in [0.15, 0.2) is 5.69 Å². The van der Waals surface area contributed by atoms with Crippen molar-refractivity contribution in [3.05, 3.63) is 52.0 Å². The van der Waals surface area contributed by atoms with Crippen molar-refractivity contribution in [3.63, 3.8) is 0 Å². The Morgan fingerprint density at radius 2 is 1.54 bits per heavy atom. The van der Waals surface area contributed by atoms with Crippen LogP contribution < -0.4 is 11.3 Å². The first kappa shape index (κ1) is 21.3. The fourth-order valence-electron chi connectivity index (χ4n) is 2.28. The summed E-state index contributed by atoms with van der Waals surface area (Å²) in [4.78, 5) is 14.9. The highest BCUT2D eigenvalue weighted by Gasteiger charge is 2.41. The van der Waals surface area contributed by atoms with Gasteiger partial charge in [0.2, 0.25) is 0 Å². The molecule has 0 saturated heterocycles. The first-order valence-electron chi connectivity index (χ1n) is 6.99. The molecule has 2 rings (SSSR count). The monoisotopic (exact) mass is 417 g/mol. The highest BCUT2D eigenvalue weighted by atomic mass is 19.4. The molecule has 0 fully saturated rings. The number of benzene rings is 1. The first-order valence-corrected chi connectivity index (χ1v) is 6.99. The van der Waals surface area contributed by atoms with Gasteiger partial charge in [-0.05, 0) is 18.2 Å². The van der Waals surface area contributed by atoms with E-state index in [2.05, 4.69) is 11.6 Å². The third-order valence-corrected chi connectivity index (χ3v) is 3.49. The number of nitrogens with zero attached hydrogens (tertiary/aromatic N) is 2. The lowest BCUT2D eigenvalue weighted by molar-refractivity contribution is -0.141. The van der Waals surface area contributed by atoms with Crippen molar-refractivity contribution in [2.75, 3.05) is 5.73 Å². The van der Waals surface area contributed by atoms with Crippen molar-refractivity contribution in [2.45, 2.75) is 18.5 Å². The van der Waals surface area contributed by atoms with Crippen LogP contribution in [0.25, 0.3) is 17.6 Å². The van der Waals surface area contributed by atoms with Gasteiger partial charge in [-0.2, -0.15) is 39.5 Å². The Kier molecular flexibility index (Phi) is 5.00. The number of rotatable bonds is 2. The Hall–Kier alpha value is -2.99. The zero-order valence-corrected chi connectivity index (χ0v) is 13.3. The second kappa shape index (κ2) is 6.56. The molecule has 152 valence electrons. The van der Waals surface area contributed by atoms with E-state index in [0.29, 0.717) is 6.20 Å². The molecule has 0 atom stereocenters. The number of hydrogen-bond donors (Lipinski definition) is 1. The highest BCUT2D eigenvalue weighted by Crippen LogP contribution is 2.41. The van der Waals surface area contributed by atoms with Crippen LogP contribution in [0.1, 0.15) is 16.8 Å². The van der Waals surface area contributed by atoms with E-state index >= 15 is 0 Å². The molecule has 0 radical (unpaired) electrons. The minimum Gasteiger partial charge on any atom is -0.392 e. The van der Waals surface area contributed by atoms with Gasteiger partial charge in [-0.25, -0.2) is 4.98 Å². The van der Waals surface area contributed by atoms with Crippen LogP contribution in [-0.4, -0.2) is 9.55 Å². The molecular formula is C15H8F9N3O. The largest absolute Gasteiger partial charge is 0.435 e. The van der Waals surface area contributed by atoms with E-state index in [9.17, 15) is 44.3 Å². The van der Waals surface area contributed by atoms with Gasteiger partial charge in [0.25, 0.3) is 5.56 Å². The summed E-state index contributed by atoms with van der Waals surface area (Å²) in [5.41, 5.74) is -4.80. The Balaban J connectivity index is 3.03.